The average molecular weight is 414 g/mol. The van der Waals surface area contributed by atoms with Crippen LogP contribution in [0.3, 0.4) is 0 Å². The van der Waals surface area contributed by atoms with Gasteiger partial charge in [0.1, 0.15) is 28.8 Å². The lowest BCUT2D eigenvalue weighted by molar-refractivity contribution is -0.189. The third-order valence-electron chi connectivity index (χ3n) is 5.64. The van der Waals surface area contributed by atoms with Gasteiger partial charge >= 0.3 is 6.11 Å². The van der Waals surface area contributed by atoms with E-state index in [9.17, 15) is 22.0 Å². The van der Waals surface area contributed by atoms with Crippen molar-refractivity contribution in [2.24, 2.45) is 5.92 Å². The zero-order chi connectivity index (χ0) is 20.5. The number of hydrogen-bond donors (Lipinski definition) is 0. The number of halogens is 5. The average Bonchev–Trinajstić information content (AvgIpc) is 2.63. The molecular weight excluding hydrogens is 391 g/mol. The maximum Gasteiger partial charge on any atom is 0.432 e. The molecule has 1 aliphatic carbocycles. The van der Waals surface area contributed by atoms with Gasteiger partial charge in [-0.05, 0) is 60.9 Å². The van der Waals surface area contributed by atoms with Crippen LogP contribution >= 0.6 is 0 Å². The number of benzene rings is 2. The van der Waals surface area contributed by atoms with Crippen LogP contribution in [0.1, 0.15) is 48.3 Å². The molecule has 0 atom stereocenters. The summed E-state index contributed by atoms with van der Waals surface area (Å²) in [7, 11) is 1.13. The van der Waals surface area contributed by atoms with Gasteiger partial charge in [0, 0.05) is 16.3 Å². The monoisotopic (exact) mass is 414 g/mol. The number of alkyl halides is 2. The standard InChI is InChI=1S/C21H23F5OSi/c1-12-2-7-16(10-17(12)22)27-21(25,26)20-18(23)8-15(9-19(20)24)14-5-3-13(11-28)4-6-14/h2,7-10,13-14H,3-6,11H2,1,28H3. The third-order valence-corrected chi connectivity index (χ3v) is 6.80. The van der Waals surface area contributed by atoms with Crippen molar-refractivity contribution in [1.29, 1.82) is 0 Å². The Hall–Kier alpha value is -1.89. The molecule has 0 aliphatic heterocycles. The van der Waals surface area contributed by atoms with Crippen LogP contribution < -0.4 is 4.74 Å². The highest BCUT2D eigenvalue weighted by molar-refractivity contribution is 6.08. The fourth-order valence-electron chi connectivity index (χ4n) is 3.85. The second kappa shape index (κ2) is 8.23. The van der Waals surface area contributed by atoms with E-state index in [-0.39, 0.29) is 11.5 Å². The maximum absolute atomic E-state index is 14.5. The molecule has 1 nitrogen and oxygen atoms in total. The topological polar surface area (TPSA) is 9.23 Å². The molecular formula is C21H23F5OSi. The zero-order valence-electron chi connectivity index (χ0n) is 15.9. The van der Waals surface area contributed by atoms with Gasteiger partial charge < -0.3 is 4.74 Å². The fourth-order valence-corrected chi connectivity index (χ4v) is 4.66. The van der Waals surface area contributed by atoms with Gasteiger partial charge in [0.15, 0.2) is 0 Å². The van der Waals surface area contributed by atoms with Crippen molar-refractivity contribution in [3.05, 3.63) is 64.5 Å². The van der Waals surface area contributed by atoms with Crippen LogP contribution in [0.2, 0.25) is 6.04 Å². The normalized spacial score (nSPS) is 20.4. The first-order chi connectivity index (χ1) is 13.2. The van der Waals surface area contributed by atoms with E-state index in [4.69, 9.17) is 0 Å². The molecule has 3 rings (SSSR count). The molecule has 1 saturated carbocycles. The molecule has 0 heterocycles. The molecule has 0 spiro atoms. The first-order valence-electron chi connectivity index (χ1n) is 9.53. The molecule has 28 heavy (non-hydrogen) atoms. The van der Waals surface area contributed by atoms with Crippen LogP contribution in [0.4, 0.5) is 22.0 Å². The van der Waals surface area contributed by atoms with Crippen molar-refractivity contribution in [2.75, 3.05) is 0 Å². The van der Waals surface area contributed by atoms with Crippen LogP contribution in [0.5, 0.6) is 5.75 Å². The molecule has 0 bridgehead atoms. The van der Waals surface area contributed by atoms with E-state index in [1.807, 2.05) is 0 Å². The minimum atomic E-state index is -4.26. The lowest BCUT2D eigenvalue weighted by atomic mass is 9.79. The molecule has 0 N–H and O–H groups in total. The van der Waals surface area contributed by atoms with Crippen LogP contribution in [0, 0.1) is 30.3 Å². The Labute approximate surface area is 164 Å². The summed E-state index contributed by atoms with van der Waals surface area (Å²) >= 11 is 0. The van der Waals surface area contributed by atoms with Gasteiger partial charge in [-0.2, -0.15) is 8.78 Å². The van der Waals surface area contributed by atoms with E-state index >= 15 is 0 Å². The lowest BCUT2D eigenvalue weighted by Gasteiger charge is -2.28. The zero-order valence-corrected chi connectivity index (χ0v) is 17.9. The highest BCUT2D eigenvalue weighted by atomic mass is 28.1. The van der Waals surface area contributed by atoms with E-state index in [2.05, 4.69) is 4.74 Å². The van der Waals surface area contributed by atoms with Crippen molar-refractivity contribution < 1.29 is 26.7 Å². The van der Waals surface area contributed by atoms with Gasteiger partial charge in [0.25, 0.3) is 0 Å². The van der Waals surface area contributed by atoms with E-state index in [0.29, 0.717) is 11.5 Å². The van der Waals surface area contributed by atoms with E-state index in [0.717, 1.165) is 60.2 Å². The van der Waals surface area contributed by atoms with Gasteiger partial charge in [-0.3, -0.25) is 0 Å². The maximum atomic E-state index is 14.5. The molecule has 0 saturated heterocycles. The summed E-state index contributed by atoms with van der Waals surface area (Å²) in [5.74, 6) is -3.30. The second-order valence-corrected chi connectivity index (χ2v) is 8.33. The van der Waals surface area contributed by atoms with E-state index in [1.54, 1.807) is 0 Å². The Kier molecular flexibility index (Phi) is 6.12. The molecule has 0 amide bonds. The van der Waals surface area contributed by atoms with Crippen molar-refractivity contribution in [3.63, 3.8) is 0 Å². The minimum absolute atomic E-state index is 0.0248. The Bertz CT molecular complexity index is 824. The van der Waals surface area contributed by atoms with Gasteiger partial charge in [0.2, 0.25) is 0 Å². The van der Waals surface area contributed by atoms with E-state index in [1.165, 1.54) is 19.0 Å². The number of ether oxygens (including phenoxy) is 1. The Morgan fingerprint density at radius 3 is 2.11 bits per heavy atom. The van der Waals surface area contributed by atoms with Crippen molar-refractivity contribution in [2.45, 2.75) is 50.7 Å². The summed E-state index contributed by atoms with van der Waals surface area (Å²) in [6, 6.07) is 6.32. The molecule has 152 valence electrons. The highest BCUT2D eigenvalue weighted by Crippen LogP contribution is 2.40. The summed E-state index contributed by atoms with van der Waals surface area (Å²) in [6.07, 6.45) is -0.658. The van der Waals surface area contributed by atoms with Crippen molar-refractivity contribution >= 4 is 10.2 Å². The number of aryl methyl sites for hydroxylation is 1. The predicted octanol–water partition coefficient (Wildman–Crippen LogP) is 5.60. The molecule has 0 radical (unpaired) electrons. The smallest absolute Gasteiger partial charge is 0.429 e. The predicted molar refractivity (Wildman–Crippen MR) is 101 cm³/mol. The summed E-state index contributed by atoms with van der Waals surface area (Å²) in [5, 5.41) is 0. The first-order valence-corrected chi connectivity index (χ1v) is 10.9. The molecule has 2 aromatic rings. The minimum Gasteiger partial charge on any atom is -0.429 e. The Morgan fingerprint density at radius 2 is 1.57 bits per heavy atom. The Morgan fingerprint density at radius 1 is 0.964 bits per heavy atom. The lowest BCUT2D eigenvalue weighted by Crippen LogP contribution is -2.25. The molecule has 1 fully saturated rings. The van der Waals surface area contributed by atoms with Gasteiger partial charge in [-0.1, -0.05) is 25.0 Å². The third kappa shape index (κ3) is 4.40. The summed E-state index contributed by atoms with van der Waals surface area (Å²) in [4.78, 5) is 0. The van der Waals surface area contributed by atoms with Crippen molar-refractivity contribution in [3.8, 4) is 5.75 Å². The molecule has 7 heteroatoms. The molecule has 0 aromatic heterocycles. The fraction of sp³-hybridized carbons (Fsp3) is 0.429. The van der Waals surface area contributed by atoms with Crippen LogP contribution in [-0.4, -0.2) is 10.2 Å². The van der Waals surface area contributed by atoms with Crippen LogP contribution in [0.25, 0.3) is 0 Å². The van der Waals surface area contributed by atoms with Crippen molar-refractivity contribution in [1.82, 2.24) is 0 Å². The SMILES string of the molecule is Cc1ccc(OC(F)(F)c2c(F)cc(C3CCC(C[SiH3])CC3)cc2F)cc1F. The first kappa shape index (κ1) is 20.8. The summed E-state index contributed by atoms with van der Waals surface area (Å²) < 4.78 is 75.9. The number of rotatable bonds is 5. The molecule has 0 unspecified atom stereocenters. The Balaban J connectivity index is 1.84. The van der Waals surface area contributed by atoms with E-state index < -0.39 is 34.9 Å². The quantitative estimate of drug-likeness (QED) is 0.457. The highest BCUT2D eigenvalue weighted by Gasteiger charge is 2.41. The van der Waals surface area contributed by atoms with Gasteiger partial charge in [-0.25, -0.2) is 13.2 Å². The summed E-state index contributed by atoms with van der Waals surface area (Å²) in [6.45, 7) is 1.46. The van der Waals surface area contributed by atoms with Crippen LogP contribution in [0.15, 0.2) is 30.3 Å². The van der Waals surface area contributed by atoms with Gasteiger partial charge in [-0.15, -0.1) is 0 Å². The summed E-state index contributed by atoms with van der Waals surface area (Å²) in [5.41, 5.74) is -0.800. The van der Waals surface area contributed by atoms with Gasteiger partial charge in [0.05, 0.1) is 0 Å². The van der Waals surface area contributed by atoms with Crippen LogP contribution in [-0.2, 0) is 6.11 Å². The second-order valence-electron chi connectivity index (χ2n) is 7.52. The molecule has 2 aromatic carbocycles. The molecule has 1 aliphatic rings. The number of hydrogen-bond acceptors (Lipinski definition) is 1. The largest absolute Gasteiger partial charge is 0.432 e.